The molecule has 2 heterocycles. The highest BCUT2D eigenvalue weighted by molar-refractivity contribution is 7.15. The number of carbonyl (C=O) groups excluding carboxylic acids is 1. The topological polar surface area (TPSA) is 49.3 Å². The van der Waals surface area contributed by atoms with Gasteiger partial charge in [0.1, 0.15) is 5.01 Å². The lowest BCUT2D eigenvalue weighted by atomic mass is 9.84. The van der Waals surface area contributed by atoms with Crippen molar-refractivity contribution in [3.63, 3.8) is 0 Å². The summed E-state index contributed by atoms with van der Waals surface area (Å²) < 4.78 is 0. The molecule has 6 heteroatoms. The lowest BCUT2D eigenvalue weighted by molar-refractivity contribution is -0.137. The van der Waals surface area contributed by atoms with Crippen LogP contribution in [0.4, 0.5) is 5.13 Å². The number of amides is 1. The summed E-state index contributed by atoms with van der Waals surface area (Å²) in [6, 6.07) is 0. The van der Waals surface area contributed by atoms with Crippen LogP contribution in [-0.4, -0.2) is 47.2 Å². The number of aryl methyl sites for hydroxylation is 1. The van der Waals surface area contributed by atoms with E-state index in [1.807, 2.05) is 6.92 Å². The molecule has 5 nitrogen and oxygen atoms in total. The summed E-state index contributed by atoms with van der Waals surface area (Å²) in [5, 5.41) is 10.3. The second-order valence-electron chi connectivity index (χ2n) is 5.40. The minimum atomic E-state index is 0.315. The van der Waals surface area contributed by atoms with Crippen LogP contribution in [-0.2, 0) is 4.79 Å². The summed E-state index contributed by atoms with van der Waals surface area (Å²) in [6.45, 7) is 5.55. The first-order valence-corrected chi connectivity index (χ1v) is 7.89. The van der Waals surface area contributed by atoms with Gasteiger partial charge in [0.2, 0.25) is 11.0 Å². The molecule has 3 rings (SSSR count). The first-order valence-electron chi connectivity index (χ1n) is 7.08. The summed E-state index contributed by atoms with van der Waals surface area (Å²) in [6.07, 6.45) is 4.43. The summed E-state index contributed by atoms with van der Waals surface area (Å²) >= 11 is 1.64. The summed E-state index contributed by atoms with van der Waals surface area (Å²) in [7, 11) is 0. The molecule has 0 aromatic carbocycles. The van der Waals surface area contributed by atoms with Crippen molar-refractivity contribution < 1.29 is 4.79 Å². The highest BCUT2D eigenvalue weighted by Gasteiger charge is 2.30. The third-order valence-electron chi connectivity index (χ3n) is 4.05. The van der Waals surface area contributed by atoms with E-state index in [2.05, 4.69) is 20.0 Å². The Morgan fingerprint density at radius 1 is 1.16 bits per heavy atom. The summed E-state index contributed by atoms with van der Waals surface area (Å²) in [5.74, 6) is 0.692. The highest BCUT2D eigenvalue weighted by Crippen LogP contribution is 2.29. The molecule has 1 aromatic rings. The smallest absolute Gasteiger partial charge is 0.225 e. The zero-order chi connectivity index (χ0) is 13.2. The molecule has 2 fully saturated rings. The van der Waals surface area contributed by atoms with E-state index < -0.39 is 0 Å². The highest BCUT2D eigenvalue weighted by atomic mass is 32.1. The Labute approximate surface area is 117 Å². The number of nitrogens with zero attached hydrogens (tertiary/aromatic N) is 4. The third kappa shape index (κ3) is 2.73. The number of hydrogen-bond donors (Lipinski definition) is 0. The predicted molar refractivity (Wildman–Crippen MR) is 75.4 cm³/mol. The van der Waals surface area contributed by atoms with Crippen molar-refractivity contribution in [1.82, 2.24) is 15.1 Å². The van der Waals surface area contributed by atoms with Crippen LogP contribution >= 0.6 is 11.3 Å². The van der Waals surface area contributed by atoms with Gasteiger partial charge in [-0.15, -0.1) is 10.2 Å². The van der Waals surface area contributed by atoms with Gasteiger partial charge in [0, 0.05) is 32.1 Å². The average Bonchev–Trinajstić information content (AvgIpc) is 2.62. The largest absolute Gasteiger partial charge is 0.345 e. The molecule has 0 bridgehead atoms. The molecule has 2 aliphatic rings. The van der Waals surface area contributed by atoms with E-state index in [0.29, 0.717) is 11.8 Å². The van der Waals surface area contributed by atoms with E-state index in [4.69, 9.17) is 0 Å². The van der Waals surface area contributed by atoms with Crippen LogP contribution in [0.5, 0.6) is 0 Å². The van der Waals surface area contributed by atoms with Crippen LogP contribution in [0.3, 0.4) is 0 Å². The van der Waals surface area contributed by atoms with Crippen LogP contribution in [0.15, 0.2) is 0 Å². The van der Waals surface area contributed by atoms with Crippen molar-refractivity contribution in [1.29, 1.82) is 0 Å². The summed E-state index contributed by atoms with van der Waals surface area (Å²) in [5.41, 5.74) is 0. The lowest BCUT2D eigenvalue weighted by Crippen LogP contribution is -2.41. The Kier molecular flexibility index (Phi) is 3.68. The molecule has 1 aliphatic heterocycles. The molecule has 104 valence electrons. The fraction of sp³-hybridized carbons (Fsp3) is 0.769. The molecular formula is C13H20N4OS. The maximum absolute atomic E-state index is 12.3. The molecule has 1 amide bonds. The molecule has 0 atom stereocenters. The van der Waals surface area contributed by atoms with E-state index in [-0.39, 0.29) is 0 Å². The van der Waals surface area contributed by atoms with Gasteiger partial charge < -0.3 is 9.80 Å². The number of hydrogen-bond acceptors (Lipinski definition) is 5. The Morgan fingerprint density at radius 3 is 2.63 bits per heavy atom. The molecule has 1 saturated carbocycles. The van der Waals surface area contributed by atoms with Gasteiger partial charge in [0.05, 0.1) is 0 Å². The third-order valence-corrected chi connectivity index (χ3v) is 4.95. The maximum atomic E-state index is 12.3. The molecule has 1 aromatic heterocycles. The van der Waals surface area contributed by atoms with Gasteiger partial charge in [-0.05, 0) is 26.2 Å². The zero-order valence-electron chi connectivity index (χ0n) is 11.3. The fourth-order valence-electron chi connectivity index (χ4n) is 2.66. The Morgan fingerprint density at radius 2 is 2.00 bits per heavy atom. The van der Waals surface area contributed by atoms with Crippen molar-refractivity contribution in [2.75, 3.05) is 31.1 Å². The first kappa shape index (κ1) is 12.8. The molecule has 1 saturated heterocycles. The van der Waals surface area contributed by atoms with Crippen LogP contribution in [0.1, 0.15) is 30.7 Å². The lowest BCUT2D eigenvalue weighted by Gasteiger charge is -2.30. The number of aromatic nitrogens is 2. The second kappa shape index (κ2) is 5.45. The van der Waals surface area contributed by atoms with Gasteiger partial charge in [0.25, 0.3) is 0 Å². The first-order chi connectivity index (χ1) is 9.24. The van der Waals surface area contributed by atoms with E-state index >= 15 is 0 Å². The van der Waals surface area contributed by atoms with Gasteiger partial charge in [-0.1, -0.05) is 17.8 Å². The number of carbonyl (C=O) groups is 1. The average molecular weight is 280 g/mol. The molecular weight excluding hydrogens is 260 g/mol. The monoisotopic (exact) mass is 280 g/mol. The van der Waals surface area contributed by atoms with Gasteiger partial charge in [-0.25, -0.2) is 0 Å². The fourth-order valence-corrected chi connectivity index (χ4v) is 3.40. The Bertz CT molecular complexity index is 457. The molecule has 0 spiro atoms. The second-order valence-corrected chi connectivity index (χ2v) is 6.56. The van der Waals surface area contributed by atoms with E-state index in [9.17, 15) is 4.79 Å². The number of anilines is 1. The van der Waals surface area contributed by atoms with Crippen LogP contribution in [0, 0.1) is 12.8 Å². The van der Waals surface area contributed by atoms with E-state index in [1.54, 1.807) is 11.3 Å². The summed E-state index contributed by atoms with van der Waals surface area (Å²) in [4.78, 5) is 16.6. The quantitative estimate of drug-likeness (QED) is 0.827. The standard InChI is InChI=1S/C13H20N4OS/c1-10-14-15-13(19-10)17-7-3-6-16(8-9-17)12(18)11-4-2-5-11/h11H,2-9H2,1H3. The maximum Gasteiger partial charge on any atom is 0.225 e. The van der Waals surface area contributed by atoms with Crippen molar-refractivity contribution in [3.05, 3.63) is 5.01 Å². The minimum absolute atomic E-state index is 0.315. The van der Waals surface area contributed by atoms with Gasteiger partial charge in [-0.3, -0.25) is 4.79 Å². The molecule has 0 unspecified atom stereocenters. The van der Waals surface area contributed by atoms with Gasteiger partial charge in [-0.2, -0.15) is 0 Å². The van der Waals surface area contributed by atoms with Crippen molar-refractivity contribution >= 4 is 22.4 Å². The Hall–Kier alpha value is -1.17. The molecule has 19 heavy (non-hydrogen) atoms. The molecule has 0 radical (unpaired) electrons. The van der Waals surface area contributed by atoms with Gasteiger partial charge in [0.15, 0.2) is 0 Å². The molecule has 0 N–H and O–H groups in total. The van der Waals surface area contributed by atoms with E-state index in [0.717, 1.165) is 55.6 Å². The van der Waals surface area contributed by atoms with Crippen molar-refractivity contribution in [3.8, 4) is 0 Å². The van der Waals surface area contributed by atoms with Crippen LogP contribution < -0.4 is 4.90 Å². The minimum Gasteiger partial charge on any atom is -0.345 e. The van der Waals surface area contributed by atoms with Crippen molar-refractivity contribution in [2.24, 2.45) is 5.92 Å². The Balaban J connectivity index is 1.60. The zero-order valence-corrected chi connectivity index (χ0v) is 12.2. The number of rotatable bonds is 2. The normalized spacial score (nSPS) is 21.1. The molecule has 1 aliphatic carbocycles. The van der Waals surface area contributed by atoms with Crippen molar-refractivity contribution in [2.45, 2.75) is 32.6 Å². The van der Waals surface area contributed by atoms with E-state index in [1.165, 1.54) is 6.42 Å². The SMILES string of the molecule is Cc1nnc(N2CCCN(C(=O)C3CCC3)CC2)s1. The predicted octanol–water partition coefficient (Wildman–Crippen LogP) is 1.69. The van der Waals surface area contributed by atoms with Gasteiger partial charge >= 0.3 is 0 Å². The van der Waals surface area contributed by atoms with Crippen LogP contribution in [0.25, 0.3) is 0 Å². The van der Waals surface area contributed by atoms with Crippen LogP contribution in [0.2, 0.25) is 0 Å².